The summed E-state index contributed by atoms with van der Waals surface area (Å²) in [6.07, 6.45) is -9.92. The first-order chi connectivity index (χ1) is 18.1. The molecule has 4 rings (SSSR count). The fourth-order valence-electron chi connectivity index (χ4n) is 3.51. The first kappa shape index (κ1) is 28.8. The summed E-state index contributed by atoms with van der Waals surface area (Å²) < 4.78 is 162. The average Bonchev–Trinajstić information content (AvgIpc) is 2.98. The molecular weight excluding hydrogens is 570 g/mol. The van der Waals surface area contributed by atoms with Gasteiger partial charge in [-0.3, -0.25) is 9.26 Å². The maximum atomic E-state index is 15.6. The molecule has 5 nitrogen and oxygen atoms in total. The van der Waals surface area contributed by atoms with Crippen LogP contribution in [0.5, 0.6) is 11.5 Å². The first-order valence-corrected chi connectivity index (χ1v) is 12.3. The van der Waals surface area contributed by atoms with Crippen LogP contribution in [-0.2, 0) is 13.8 Å². The van der Waals surface area contributed by atoms with Crippen LogP contribution >= 0.6 is 7.82 Å². The molecule has 0 saturated carbocycles. The molecule has 1 saturated heterocycles. The standard InChI is InChI=1S/C24H16F9O5P/c25-20(26,23(31)21(27,28)22(29,30)24(32,33)38-23)19(16-10-4-1-5-11-16)37-39(34,35-17-12-6-2-7-13-17)36-18-14-8-3-9-15-18/h1-15,19H/t19-,23-/m0/s1. The largest absolute Gasteiger partial charge is 0.588 e. The minimum absolute atomic E-state index is 0.331. The van der Waals surface area contributed by atoms with Crippen molar-refractivity contribution in [3.05, 3.63) is 96.6 Å². The molecule has 210 valence electrons. The first-order valence-electron chi connectivity index (χ1n) is 10.8. The highest BCUT2D eigenvalue weighted by Gasteiger charge is 2.95. The molecule has 0 spiro atoms. The van der Waals surface area contributed by atoms with Crippen molar-refractivity contribution >= 4 is 7.82 Å². The van der Waals surface area contributed by atoms with Gasteiger partial charge in [-0.1, -0.05) is 66.7 Å². The van der Waals surface area contributed by atoms with Crippen LogP contribution in [0.15, 0.2) is 91.0 Å². The predicted octanol–water partition coefficient (Wildman–Crippen LogP) is 8.21. The zero-order valence-electron chi connectivity index (χ0n) is 19.1. The van der Waals surface area contributed by atoms with Crippen molar-refractivity contribution in [3.8, 4) is 11.5 Å². The Morgan fingerprint density at radius 2 is 1.08 bits per heavy atom. The Balaban J connectivity index is 1.84. The Morgan fingerprint density at radius 3 is 1.46 bits per heavy atom. The van der Waals surface area contributed by atoms with Gasteiger partial charge < -0.3 is 9.05 Å². The van der Waals surface area contributed by atoms with E-state index in [1.54, 1.807) is 0 Å². The van der Waals surface area contributed by atoms with E-state index in [2.05, 4.69) is 4.74 Å². The van der Waals surface area contributed by atoms with Gasteiger partial charge in [0.1, 0.15) is 11.5 Å². The zero-order valence-corrected chi connectivity index (χ0v) is 20.0. The Morgan fingerprint density at radius 1 is 0.667 bits per heavy atom. The number of alkyl halides is 9. The minimum Gasteiger partial charge on any atom is -0.395 e. The molecule has 2 atom stereocenters. The summed E-state index contributed by atoms with van der Waals surface area (Å²) in [5, 5.41) is 0. The SMILES string of the molecule is O=P(Oc1ccccc1)(Oc1ccccc1)O[C@@H](c1ccccc1)C(F)(F)[C@]1(F)OC(F)(F)C(F)(F)C1(F)F. The minimum atomic E-state index is -6.80. The second kappa shape index (κ2) is 9.76. The van der Waals surface area contributed by atoms with Gasteiger partial charge in [0.2, 0.25) is 0 Å². The van der Waals surface area contributed by atoms with E-state index in [4.69, 9.17) is 13.6 Å². The summed E-state index contributed by atoms with van der Waals surface area (Å²) in [6.45, 7) is 0. The van der Waals surface area contributed by atoms with Crippen LogP contribution in [0.2, 0.25) is 0 Å². The molecule has 3 aromatic rings. The van der Waals surface area contributed by atoms with Crippen LogP contribution in [0.1, 0.15) is 11.7 Å². The van der Waals surface area contributed by atoms with Gasteiger partial charge in [-0.2, -0.15) is 39.5 Å². The lowest BCUT2D eigenvalue weighted by molar-refractivity contribution is -0.389. The Kier molecular flexibility index (Phi) is 7.20. The van der Waals surface area contributed by atoms with Crippen molar-refractivity contribution in [1.82, 2.24) is 0 Å². The third kappa shape index (κ3) is 4.85. The molecule has 0 aliphatic carbocycles. The summed E-state index contributed by atoms with van der Waals surface area (Å²) >= 11 is 0. The maximum Gasteiger partial charge on any atom is 0.588 e. The Labute approximate surface area is 214 Å². The number of benzene rings is 3. The second-order valence-corrected chi connectivity index (χ2v) is 9.61. The van der Waals surface area contributed by atoms with E-state index < -0.39 is 49.2 Å². The molecule has 0 amide bonds. The van der Waals surface area contributed by atoms with E-state index >= 15 is 13.2 Å². The molecule has 39 heavy (non-hydrogen) atoms. The molecule has 0 unspecified atom stereocenters. The van der Waals surface area contributed by atoms with Crippen molar-refractivity contribution in [3.63, 3.8) is 0 Å². The van der Waals surface area contributed by atoms with Crippen LogP contribution < -0.4 is 9.05 Å². The molecule has 0 aromatic heterocycles. The normalized spacial score (nSPS) is 22.7. The molecule has 3 aromatic carbocycles. The third-order valence-electron chi connectivity index (χ3n) is 5.45. The number of phosphoric acid groups is 1. The highest BCUT2D eigenvalue weighted by molar-refractivity contribution is 7.49. The molecule has 1 fully saturated rings. The van der Waals surface area contributed by atoms with Crippen LogP contribution in [0.4, 0.5) is 39.5 Å². The smallest absolute Gasteiger partial charge is 0.395 e. The molecule has 0 radical (unpaired) electrons. The van der Waals surface area contributed by atoms with Crippen molar-refractivity contribution in [2.45, 2.75) is 35.8 Å². The summed E-state index contributed by atoms with van der Waals surface area (Å²) in [4.78, 5) is 0. The Hall–Kier alpha value is -3.22. The van der Waals surface area contributed by atoms with Crippen LogP contribution in [0.25, 0.3) is 0 Å². The quantitative estimate of drug-likeness (QED) is 0.187. The third-order valence-corrected chi connectivity index (χ3v) is 6.79. The molecule has 0 bridgehead atoms. The van der Waals surface area contributed by atoms with Crippen molar-refractivity contribution in [2.75, 3.05) is 0 Å². The molecule has 15 heteroatoms. The average molecular weight is 586 g/mol. The zero-order chi connectivity index (χ0) is 28.7. The number of rotatable bonds is 9. The lowest BCUT2D eigenvalue weighted by atomic mass is 9.92. The molecular formula is C24H16F9O5P. The van der Waals surface area contributed by atoms with E-state index in [0.29, 0.717) is 0 Å². The van der Waals surface area contributed by atoms with Gasteiger partial charge in [0.15, 0.2) is 6.10 Å². The van der Waals surface area contributed by atoms with Gasteiger partial charge >= 0.3 is 37.6 Å². The lowest BCUT2D eigenvalue weighted by Crippen LogP contribution is -2.62. The molecule has 1 heterocycles. The van der Waals surface area contributed by atoms with Gasteiger partial charge in [-0.15, -0.1) is 0 Å². The number of hydrogen-bond donors (Lipinski definition) is 0. The number of halogens is 9. The van der Waals surface area contributed by atoms with Crippen molar-refractivity contribution in [1.29, 1.82) is 0 Å². The summed E-state index contributed by atoms with van der Waals surface area (Å²) in [5.74, 6) is -26.6. The fraction of sp³-hybridized carbons (Fsp3) is 0.250. The molecule has 1 aliphatic heterocycles. The van der Waals surface area contributed by atoms with Crippen molar-refractivity contribution < 1.29 is 62.4 Å². The van der Waals surface area contributed by atoms with Gasteiger partial charge in [0.05, 0.1) is 0 Å². The number of para-hydroxylation sites is 2. The van der Waals surface area contributed by atoms with Crippen molar-refractivity contribution in [2.24, 2.45) is 0 Å². The van der Waals surface area contributed by atoms with E-state index in [0.717, 1.165) is 48.5 Å². The monoisotopic (exact) mass is 586 g/mol. The summed E-state index contributed by atoms with van der Waals surface area (Å²) in [5.41, 5.74) is -0.953. The van der Waals surface area contributed by atoms with Gasteiger partial charge in [-0.05, 0) is 29.8 Å². The maximum absolute atomic E-state index is 15.6. The topological polar surface area (TPSA) is 54.0 Å². The molecule has 1 aliphatic rings. The van der Waals surface area contributed by atoms with Gasteiger partial charge in [0.25, 0.3) is 0 Å². The number of phosphoric ester groups is 1. The van der Waals surface area contributed by atoms with E-state index in [-0.39, 0.29) is 11.5 Å². The predicted molar refractivity (Wildman–Crippen MR) is 117 cm³/mol. The summed E-state index contributed by atoms with van der Waals surface area (Å²) in [7, 11) is -5.48. The summed E-state index contributed by atoms with van der Waals surface area (Å²) in [6, 6.07) is 17.7. The van der Waals surface area contributed by atoms with E-state index in [9.17, 15) is 30.9 Å². The van der Waals surface area contributed by atoms with Crippen LogP contribution in [-0.4, -0.2) is 29.7 Å². The fourth-order valence-corrected chi connectivity index (χ4v) is 4.91. The van der Waals surface area contributed by atoms with E-state index in [1.165, 1.54) is 42.5 Å². The van der Waals surface area contributed by atoms with Crippen LogP contribution in [0, 0.1) is 0 Å². The number of hydrogen-bond acceptors (Lipinski definition) is 5. The highest BCUT2D eigenvalue weighted by atomic mass is 31.2. The van der Waals surface area contributed by atoms with E-state index in [1.807, 2.05) is 0 Å². The Bertz CT molecular complexity index is 1280. The lowest BCUT2D eigenvalue weighted by Gasteiger charge is -2.37. The number of ether oxygens (including phenoxy) is 1. The van der Waals surface area contributed by atoms with Crippen LogP contribution in [0.3, 0.4) is 0 Å². The second-order valence-electron chi connectivity index (χ2n) is 8.14. The van der Waals surface area contributed by atoms with Gasteiger partial charge in [0, 0.05) is 0 Å². The molecule has 0 N–H and O–H groups in total. The highest BCUT2D eigenvalue weighted by Crippen LogP contribution is 2.68. The van der Waals surface area contributed by atoms with Gasteiger partial charge in [-0.25, -0.2) is 4.57 Å².